The zero-order chi connectivity index (χ0) is 21.5. The lowest BCUT2D eigenvalue weighted by Crippen LogP contribution is -2.09. The van der Waals surface area contributed by atoms with Crippen molar-refractivity contribution in [2.75, 3.05) is 0 Å². The fraction of sp³-hybridized carbons (Fsp3) is 0.250. The van der Waals surface area contributed by atoms with Crippen molar-refractivity contribution in [3.8, 4) is 11.6 Å². The molecule has 1 fully saturated rings. The lowest BCUT2D eigenvalue weighted by atomic mass is 9.98. The Bertz CT molecular complexity index is 1250. The van der Waals surface area contributed by atoms with Crippen LogP contribution >= 0.6 is 11.6 Å². The van der Waals surface area contributed by atoms with Crippen LogP contribution in [-0.2, 0) is 6.42 Å². The molecule has 4 aromatic rings. The number of aryl methyl sites for hydroxylation is 1. The van der Waals surface area contributed by atoms with Crippen LogP contribution in [0, 0.1) is 6.92 Å². The first kappa shape index (κ1) is 19.9. The second-order valence-corrected chi connectivity index (χ2v) is 8.24. The summed E-state index contributed by atoms with van der Waals surface area (Å²) in [6.45, 7) is -1.08. The number of alkyl halides is 2. The summed E-state index contributed by atoms with van der Waals surface area (Å²) in [6.07, 6.45) is 4.81. The minimum Gasteiger partial charge on any atom is -0.417 e. The Morgan fingerprint density at radius 1 is 1.13 bits per heavy atom. The number of hydrogen-bond donors (Lipinski definition) is 0. The standard InChI is InChI=1S/C24H20ClF2N3O/c1-14-18-3-2-4-20(25)22(18)28-23(31-24(26)27)19(14)13-15-5-9-17(10-6-15)30-12-11-21(29-30)16-7-8-16/h2-6,9-12,16,24H,7-8,13H2,1H3. The normalized spacial score (nSPS) is 13.8. The molecule has 4 nitrogen and oxygen atoms in total. The fourth-order valence-electron chi connectivity index (χ4n) is 3.86. The van der Waals surface area contributed by atoms with Gasteiger partial charge in [-0.05, 0) is 55.2 Å². The maximum absolute atomic E-state index is 13.1. The maximum Gasteiger partial charge on any atom is 0.388 e. The summed E-state index contributed by atoms with van der Waals surface area (Å²) in [6, 6.07) is 15.4. The van der Waals surface area contributed by atoms with Gasteiger partial charge in [-0.25, -0.2) is 9.67 Å². The third-order valence-electron chi connectivity index (χ3n) is 5.70. The number of fused-ring (bicyclic) bond motifs is 1. The molecule has 0 saturated heterocycles. The highest BCUT2D eigenvalue weighted by Gasteiger charge is 2.26. The molecule has 2 heterocycles. The molecular weight excluding hydrogens is 420 g/mol. The second kappa shape index (κ2) is 7.93. The molecule has 0 aliphatic heterocycles. The number of rotatable bonds is 6. The van der Waals surface area contributed by atoms with E-state index in [1.165, 1.54) is 12.8 Å². The number of para-hydroxylation sites is 1. The van der Waals surface area contributed by atoms with Crippen molar-refractivity contribution in [3.05, 3.63) is 82.1 Å². The number of pyridine rings is 1. The van der Waals surface area contributed by atoms with E-state index in [0.717, 1.165) is 27.9 Å². The number of nitrogens with zero attached hydrogens (tertiary/aromatic N) is 3. The van der Waals surface area contributed by atoms with Crippen molar-refractivity contribution in [2.45, 2.75) is 38.7 Å². The van der Waals surface area contributed by atoms with Crippen LogP contribution in [0.1, 0.15) is 41.1 Å². The van der Waals surface area contributed by atoms with Crippen LogP contribution in [0.2, 0.25) is 5.02 Å². The average Bonchev–Trinajstić information content (AvgIpc) is 3.48. The van der Waals surface area contributed by atoms with Crippen LogP contribution in [-0.4, -0.2) is 21.4 Å². The van der Waals surface area contributed by atoms with Gasteiger partial charge in [-0.3, -0.25) is 0 Å². The minimum absolute atomic E-state index is 0.0849. The molecule has 5 rings (SSSR count). The number of ether oxygens (including phenoxy) is 1. The van der Waals surface area contributed by atoms with Gasteiger partial charge in [0, 0.05) is 29.5 Å². The Hall–Kier alpha value is -2.99. The van der Waals surface area contributed by atoms with E-state index < -0.39 is 6.61 Å². The summed E-state index contributed by atoms with van der Waals surface area (Å²) in [5, 5.41) is 5.88. The predicted molar refractivity (Wildman–Crippen MR) is 116 cm³/mol. The summed E-state index contributed by atoms with van der Waals surface area (Å²) in [5.74, 6) is 0.518. The molecule has 0 unspecified atom stereocenters. The molecule has 0 atom stereocenters. The van der Waals surface area contributed by atoms with Crippen molar-refractivity contribution in [1.82, 2.24) is 14.8 Å². The summed E-state index contributed by atoms with van der Waals surface area (Å²) >= 11 is 6.24. The first-order valence-electron chi connectivity index (χ1n) is 10.2. The highest BCUT2D eigenvalue weighted by molar-refractivity contribution is 6.35. The lowest BCUT2D eigenvalue weighted by Gasteiger charge is -2.16. The summed E-state index contributed by atoms with van der Waals surface area (Å²) in [7, 11) is 0. The SMILES string of the molecule is Cc1c(Cc2ccc(-n3ccc(C4CC4)n3)cc2)c(OC(F)F)nc2c(Cl)cccc12. The van der Waals surface area contributed by atoms with E-state index >= 15 is 0 Å². The minimum atomic E-state index is -2.96. The molecule has 7 heteroatoms. The molecule has 158 valence electrons. The fourth-order valence-corrected chi connectivity index (χ4v) is 4.08. The molecule has 0 N–H and O–H groups in total. The first-order valence-corrected chi connectivity index (χ1v) is 10.5. The molecule has 2 aromatic carbocycles. The van der Waals surface area contributed by atoms with Gasteiger partial charge in [-0.1, -0.05) is 35.9 Å². The van der Waals surface area contributed by atoms with E-state index in [1.807, 2.05) is 54.2 Å². The van der Waals surface area contributed by atoms with Crippen LogP contribution in [0.25, 0.3) is 16.6 Å². The number of halogens is 3. The van der Waals surface area contributed by atoms with E-state index in [-0.39, 0.29) is 5.88 Å². The van der Waals surface area contributed by atoms with Gasteiger partial charge in [0.2, 0.25) is 5.88 Å². The zero-order valence-corrected chi connectivity index (χ0v) is 17.6. The van der Waals surface area contributed by atoms with Crippen molar-refractivity contribution < 1.29 is 13.5 Å². The Morgan fingerprint density at radius 3 is 2.61 bits per heavy atom. The molecule has 0 amide bonds. The van der Waals surface area contributed by atoms with E-state index in [0.29, 0.717) is 28.4 Å². The van der Waals surface area contributed by atoms with Gasteiger partial charge in [0.25, 0.3) is 0 Å². The molecule has 0 radical (unpaired) electrons. The summed E-state index contributed by atoms with van der Waals surface area (Å²) in [4.78, 5) is 4.31. The predicted octanol–water partition coefficient (Wildman–Crippen LogP) is 6.45. The first-order chi connectivity index (χ1) is 15.0. The van der Waals surface area contributed by atoms with E-state index in [1.54, 1.807) is 6.07 Å². The van der Waals surface area contributed by atoms with Gasteiger partial charge in [0.15, 0.2) is 0 Å². The Labute approximate surface area is 183 Å². The van der Waals surface area contributed by atoms with Crippen molar-refractivity contribution in [1.29, 1.82) is 0 Å². The largest absolute Gasteiger partial charge is 0.417 e. The topological polar surface area (TPSA) is 39.9 Å². The van der Waals surface area contributed by atoms with Crippen molar-refractivity contribution in [3.63, 3.8) is 0 Å². The zero-order valence-electron chi connectivity index (χ0n) is 16.9. The average molecular weight is 440 g/mol. The second-order valence-electron chi connectivity index (χ2n) is 7.84. The summed E-state index contributed by atoms with van der Waals surface area (Å²) < 4.78 is 32.8. The van der Waals surface area contributed by atoms with Crippen molar-refractivity contribution >= 4 is 22.5 Å². The molecule has 0 bridgehead atoms. The molecule has 1 aliphatic rings. The molecule has 31 heavy (non-hydrogen) atoms. The smallest absolute Gasteiger partial charge is 0.388 e. The van der Waals surface area contributed by atoms with E-state index in [2.05, 4.69) is 16.1 Å². The van der Waals surface area contributed by atoms with Gasteiger partial charge >= 0.3 is 6.61 Å². The quantitative estimate of drug-likeness (QED) is 0.346. The van der Waals surface area contributed by atoms with Crippen LogP contribution in [0.3, 0.4) is 0 Å². The van der Waals surface area contributed by atoms with Crippen LogP contribution < -0.4 is 4.74 Å². The third-order valence-corrected chi connectivity index (χ3v) is 6.01. The van der Waals surface area contributed by atoms with Crippen molar-refractivity contribution in [2.24, 2.45) is 0 Å². The van der Waals surface area contributed by atoms with Gasteiger partial charge in [-0.2, -0.15) is 13.9 Å². The van der Waals surface area contributed by atoms with Gasteiger partial charge in [0.1, 0.15) is 0 Å². The van der Waals surface area contributed by atoms with E-state index in [4.69, 9.17) is 16.3 Å². The van der Waals surface area contributed by atoms with Gasteiger partial charge in [-0.15, -0.1) is 0 Å². The highest BCUT2D eigenvalue weighted by atomic mass is 35.5. The van der Waals surface area contributed by atoms with Gasteiger partial charge < -0.3 is 4.74 Å². The molecule has 1 aliphatic carbocycles. The lowest BCUT2D eigenvalue weighted by molar-refractivity contribution is -0.0532. The molecule has 0 spiro atoms. The Balaban J connectivity index is 1.48. The summed E-state index contributed by atoms with van der Waals surface area (Å²) in [5.41, 5.74) is 4.96. The molecular formula is C24H20ClF2N3O. The number of hydrogen-bond acceptors (Lipinski definition) is 3. The number of aromatic nitrogens is 3. The van der Waals surface area contributed by atoms with Crippen LogP contribution in [0.4, 0.5) is 8.78 Å². The Kier molecular flexibility index (Phi) is 5.10. The maximum atomic E-state index is 13.1. The molecule has 1 saturated carbocycles. The Morgan fingerprint density at radius 2 is 1.90 bits per heavy atom. The molecule has 2 aromatic heterocycles. The van der Waals surface area contributed by atoms with Crippen LogP contribution in [0.5, 0.6) is 5.88 Å². The number of benzene rings is 2. The third kappa shape index (κ3) is 4.00. The van der Waals surface area contributed by atoms with Gasteiger partial charge in [0.05, 0.1) is 21.9 Å². The van der Waals surface area contributed by atoms with Crippen LogP contribution in [0.15, 0.2) is 54.7 Å². The highest BCUT2D eigenvalue weighted by Crippen LogP contribution is 2.39. The monoisotopic (exact) mass is 439 g/mol. The van der Waals surface area contributed by atoms with E-state index in [9.17, 15) is 8.78 Å².